The molecular weight excluding hydrogens is 174 g/mol. The Labute approximate surface area is 84.9 Å². The minimum absolute atomic E-state index is 0.556. The van der Waals surface area contributed by atoms with Gasteiger partial charge < -0.3 is 4.57 Å². The molecule has 0 saturated carbocycles. The number of carbonyl (C=O) groups is 1. The Kier molecular flexibility index (Phi) is 2.44. The second-order valence-corrected chi connectivity index (χ2v) is 4.56. The average Bonchev–Trinajstić information content (AvgIpc) is 2.67. The van der Waals surface area contributed by atoms with Crippen LogP contribution in [0, 0.1) is 5.92 Å². The molecule has 1 aromatic rings. The number of hydrogen-bond acceptors (Lipinski definition) is 1. The number of hydrogen-bond donors (Lipinski definition) is 0. The van der Waals surface area contributed by atoms with Crippen molar-refractivity contribution in [2.75, 3.05) is 0 Å². The van der Waals surface area contributed by atoms with Gasteiger partial charge >= 0.3 is 0 Å². The van der Waals surface area contributed by atoms with E-state index in [2.05, 4.69) is 24.5 Å². The summed E-state index contributed by atoms with van der Waals surface area (Å²) in [7, 11) is 0. The zero-order chi connectivity index (χ0) is 10.1. The van der Waals surface area contributed by atoms with Crippen LogP contribution in [0.5, 0.6) is 0 Å². The topological polar surface area (TPSA) is 22.0 Å². The zero-order valence-electron chi connectivity index (χ0n) is 8.86. The van der Waals surface area contributed by atoms with Crippen molar-refractivity contribution in [3.8, 4) is 0 Å². The van der Waals surface area contributed by atoms with Crippen LogP contribution in [0.4, 0.5) is 0 Å². The highest BCUT2D eigenvalue weighted by Crippen LogP contribution is 2.32. The summed E-state index contributed by atoms with van der Waals surface area (Å²) in [6.07, 6.45) is 4.49. The van der Waals surface area contributed by atoms with Crippen molar-refractivity contribution in [3.05, 3.63) is 23.5 Å². The Morgan fingerprint density at radius 2 is 2.36 bits per heavy atom. The van der Waals surface area contributed by atoms with Crippen LogP contribution in [-0.4, -0.2) is 10.9 Å². The molecule has 2 nitrogen and oxygen atoms in total. The van der Waals surface area contributed by atoms with Crippen molar-refractivity contribution < 1.29 is 4.79 Å². The summed E-state index contributed by atoms with van der Waals surface area (Å²) in [6.45, 7) is 4.48. The Morgan fingerprint density at radius 1 is 1.57 bits per heavy atom. The van der Waals surface area contributed by atoms with E-state index in [0.717, 1.165) is 18.4 Å². The lowest BCUT2D eigenvalue weighted by Gasteiger charge is -2.17. The molecule has 2 heteroatoms. The van der Waals surface area contributed by atoms with Gasteiger partial charge in [0.15, 0.2) is 6.29 Å². The number of aromatic nitrogens is 1. The van der Waals surface area contributed by atoms with Crippen LogP contribution >= 0.6 is 0 Å². The van der Waals surface area contributed by atoms with Crippen molar-refractivity contribution in [1.82, 2.24) is 4.57 Å². The minimum Gasteiger partial charge on any atom is -0.339 e. The highest BCUT2D eigenvalue weighted by Gasteiger charge is 2.24. The third-order valence-electron chi connectivity index (χ3n) is 3.00. The van der Waals surface area contributed by atoms with E-state index < -0.39 is 0 Å². The Bertz CT molecular complexity index is 338. The third kappa shape index (κ3) is 1.49. The lowest BCUT2D eigenvalue weighted by molar-refractivity contribution is 0.111. The number of aryl methyl sites for hydroxylation is 1. The zero-order valence-corrected chi connectivity index (χ0v) is 8.86. The molecule has 1 aliphatic rings. The lowest BCUT2D eigenvalue weighted by atomic mass is 10.0. The molecule has 1 aliphatic heterocycles. The van der Waals surface area contributed by atoms with E-state index in [1.54, 1.807) is 0 Å². The smallest absolute Gasteiger partial charge is 0.166 e. The molecule has 1 atom stereocenters. The first-order chi connectivity index (χ1) is 6.72. The van der Waals surface area contributed by atoms with Crippen LogP contribution in [-0.2, 0) is 6.42 Å². The predicted molar refractivity (Wildman–Crippen MR) is 56.6 cm³/mol. The fourth-order valence-corrected chi connectivity index (χ4v) is 2.46. The highest BCUT2D eigenvalue weighted by molar-refractivity contribution is 5.73. The highest BCUT2D eigenvalue weighted by atomic mass is 16.1. The number of rotatable bonds is 3. The quantitative estimate of drug-likeness (QED) is 0.673. The maximum atomic E-state index is 10.8. The van der Waals surface area contributed by atoms with Gasteiger partial charge in [0.1, 0.15) is 0 Å². The molecule has 0 spiro atoms. The van der Waals surface area contributed by atoms with Gasteiger partial charge in [-0.3, -0.25) is 4.79 Å². The van der Waals surface area contributed by atoms with E-state index in [0.29, 0.717) is 12.0 Å². The fourth-order valence-electron chi connectivity index (χ4n) is 2.46. The second-order valence-electron chi connectivity index (χ2n) is 4.56. The van der Waals surface area contributed by atoms with Crippen LogP contribution < -0.4 is 0 Å². The largest absolute Gasteiger partial charge is 0.339 e. The molecule has 0 N–H and O–H groups in total. The number of carbonyl (C=O) groups excluding carboxylic acids is 1. The maximum Gasteiger partial charge on any atom is 0.166 e. The Morgan fingerprint density at radius 3 is 3.00 bits per heavy atom. The lowest BCUT2D eigenvalue weighted by Crippen LogP contribution is -2.09. The summed E-state index contributed by atoms with van der Waals surface area (Å²) in [4.78, 5) is 10.8. The summed E-state index contributed by atoms with van der Waals surface area (Å²) < 4.78 is 2.23. The Hall–Kier alpha value is -1.05. The molecule has 0 aromatic carbocycles. The molecule has 1 aromatic heterocycles. The van der Waals surface area contributed by atoms with E-state index >= 15 is 0 Å². The SMILES string of the molecule is CC(C)CC1CCc2ccc(C=O)n21. The summed E-state index contributed by atoms with van der Waals surface area (Å²) in [5.41, 5.74) is 2.18. The number of aldehydes is 1. The molecule has 0 bridgehead atoms. The van der Waals surface area contributed by atoms with Crippen LogP contribution in [0.2, 0.25) is 0 Å². The molecular formula is C12H17NO. The van der Waals surface area contributed by atoms with Gasteiger partial charge in [-0.2, -0.15) is 0 Å². The number of fused-ring (bicyclic) bond motifs is 1. The summed E-state index contributed by atoms with van der Waals surface area (Å²) >= 11 is 0. The van der Waals surface area contributed by atoms with E-state index in [9.17, 15) is 4.79 Å². The molecule has 1 unspecified atom stereocenters. The predicted octanol–water partition coefficient (Wildman–Crippen LogP) is 2.83. The minimum atomic E-state index is 0.556. The van der Waals surface area contributed by atoms with Gasteiger partial charge in [0.2, 0.25) is 0 Å². The molecule has 76 valence electrons. The summed E-state index contributed by atoms with van der Waals surface area (Å²) in [6, 6.07) is 4.58. The van der Waals surface area contributed by atoms with E-state index in [1.165, 1.54) is 18.5 Å². The monoisotopic (exact) mass is 191 g/mol. The summed E-state index contributed by atoms with van der Waals surface area (Å²) in [5, 5.41) is 0. The first-order valence-corrected chi connectivity index (χ1v) is 5.37. The molecule has 0 saturated heterocycles. The standard InChI is InChI=1S/C12H17NO/c1-9(2)7-11-5-3-10-4-6-12(8-14)13(10)11/h4,6,8-9,11H,3,5,7H2,1-2H3. The summed E-state index contributed by atoms with van der Waals surface area (Å²) in [5.74, 6) is 0.702. The van der Waals surface area contributed by atoms with Crippen LogP contribution in [0.1, 0.15) is 48.9 Å². The van der Waals surface area contributed by atoms with E-state index in [4.69, 9.17) is 0 Å². The van der Waals surface area contributed by atoms with Crippen LogP contribution in [0.3, 0.4) is 0 Å². The van der Waals surface area contributed by atoms with Gasteiger partial charge in [-0.25, -0.2) is 0 Å². The molecule has 2 heterocycles. The molecule has 0 radical (unpaired) electrons. The third-order valence-corrected chi connectivity index (χ3v) is 3.00. The van der Waals surface area contributed by atoms with Gasteiger partial charge in [0.05, 0.1) is 5.69 Å². The molecule has 0 fully saturated rings. The molecule has 0 aliphatic carbocycles. The van der Waals surface area contributed by atoms with Gasteiger partial charge in [-0.15, -0.1) is 0 Å². The van der Waals surface area contributed by atoms with E-state index in [-0.39, 0.29) is 0 Å². The van der Waals surface area contributed by atoms with Gasteiger partial charge in [-0.05, 0) is 37.3 Å². The molecule has 14 heavy (non-hydrogen) atoms. The number of nitrogens with zero attached hydrogens (tertiary/aromatic N) is 1. The molecule has 2 rings (SSSR count). The first kappa shape index (κ1) is 9.50. The van der Waals surface area contributed by atoms with Crippen molar-refractivity contribution in [3.63, 3.8) is 0 Å². The first-order valence-electron chi connectivity index (χ1n) is 5.37. The average molecular weight is 191 g/mol. The van der Waals surface area contributed by atoms with Crippen molar-refractivity contribution >= 4 is 6.29 Å². The van der Waals surface area contributed by atoms with Crippen LogP contribution in [0.15, 0.2) is 12.1 Å². The van der Waals surface area contributed by atoms with Gasteiger partial charge in [-0.1, -0.05) is 13.8 Å². The Balaban J connectivity index is 2.27. The maximum absolute atomic E-state index is 10.8. The van der Waals surface area contributed by atoms with Gasteiger partial charge in [0, 0.05) is 11.7 Å². The second kappa shape index (κ2) is 3.60. The van der Waals surface area contributed by atoms with Crippen LogP contribution in [0.25, 0.3) is 0 Å². The van der Waals surface area contributed by atoms with Crippen molar-refractivity contribution in [2.45, 2.75) is 39.2 Å². The molecule has 0 amide bonds. The van der Waals surface area contributed by atoms with E-state index in [1.807, 2.05) is 6.07 Å². The normalized spacial score (nSPS) is 20.1. The van der Waals surface area contributed by atoms with Gasteiger partial charge in [0.25, 0.3) is 0 Å². The van der Waals surface area contributed by atoms with Crippen molar-refractivity contribution in [1.29, 1.82) is 0 Å². The van der Waals surface area contributed by atoms with Crippen molar-refractivity contribution in [2.24, 2.45) is 5.92 Å². The fraction of sp³-hybridized carbons (Fsp3) is 0.583.